The van der Waals surface area contributed by atoms with E-state index in [-0.39, 0.29) is 22.8 Å². The number of hydrogen-bond acceptors (Lipinski definition) is 8. The number of fused-ring (bicyclic) bond motifs is 5. The van der Waals surface area contributed by atoms with Crippen molar-refractivity contribution in [3.05, 3.63) is 69.0 Å². The third kappa shape index (κ3) is 4.26. The van der Waals surface area contributed by atoms with Crippen LogP contribution in [0.5, 0.6) is 0 Å². The molecule has 0 N–H and O–H groups in total. The molecule has 2 aromatic rings. The number of carbonyl (C=O) groups excluding carboxylic acids is 2. The van der Waals surface area contributed by atoms with E-state index in [0.29, 0.717) is 23.4 Å². The Morgan fingerprint density at radius 3 is 2.46 bits per heavy atom. The lowest BCUT2D eigenvalue weighted by Gasteiger charge is -2.50. The Morgan fingerprint density at radius 2 is 1.71 bits per heavy atom. The summed E-state index contributed by atoms with van der Waals surface area (Å²) in [5, 5.41) is 5.88. The van der Waals surface area contributed by atoms with Gasteiger partial charge < -0.3 is 9.47 Å². The van der Waals surface area contributed by atoms with Gasteiger partial charge in [-0.15, -0.1) is 9.81 Å². The molecule has 0 saturated heterocycles. The standard InChI is InChI=1S/C27H28N2O6/c1-27-13-12-21-20-9-7-19(29-33)14-17(20)4-8-22(21)23(27)10-11-24(27)35-25(30)15-34-26(31)16-2-5-18(28-32)6-3-16/h2-3,5-7,9,14,21-24H,4,8,10-13,15H2,1H3/t21?,22?,23?,24-,27-/m0/s1. The third-order valence-electron chi connectivity index (χ3n) is 8.53. The molecule has 5 rings (SSSR count). The molecule has 0 amide bonds. The van der Waals surface area contributed by atoms with Crippen molar-refractivity contribution < 1.29 is 19.1 Å². The molecule has 0 aromatic heterocycles. The first-order chi connectivity index (χ1) is 16.9. The van der Waals surface area contributed by atoms with Gasteiger partial charge in [0.1, 0.15) is 17.5 Å². The molecule has 2 saturated carbocycles. The van der Waals surface area contributed by atoms with Gasteiger partial charge in [-0.1, -0.05) is 13.0 Å². The normalized spacial score (nSPS) is 28.7. The summed E-state index contributed by atoms with van der Waals surface area (Å²) in [6.07, 6.45) is 5.61. The van der Waals surface area contributed by atoms with Crippen molar-refractivity contribution in [1.82, 2.24) is 0 Å². The molecule has 8 nitrogen and oxygen atoms in total. The first-order valence-electron chi connectivity index (χ1n) is 12.2. The number of carbonyl (C=O) groups is 2. The maximum Gasteiger partial charge on any atom is 0.344 e. The minimum atomic E-state index is -0.649. The minimum absolute atomic E-state index is 0.0969. The SMILES string of the molecule is C[C@]12CCC3c4ccc(N=O)cc4CCC3C1CC[C@@H]2OC(=O)COC(=O)c1ccc(N=O)cc1. The van der Waals surface area contributed by atoms with Crippen molar-refractivity contribution in [1.29, 1.82) is 0 Å². The minimum Gasteiger partial charge on any atom is -0.459 e. The van der Waals surface area contributed by atoms with Gasteiger partial charge in [-0.2, -0.15) is 0 Å². The molecule has 2 fully saturated rings. The molecule has 35 heavy (non-hydrogen) atoms. The molecular weight excluding hydrogens is 448 g/mol. The Morgan fingerprint density at radius 1 is 0.971 bits per heavy atom. The van der Waals surface area contributed by atoms with Crippen molar-refractivity contribution in [2.24, 2.45) is 27.6 Å². The van der Waals surface area contributed by atoms with Crippen molar-refractivity contribution in [3.63, 3.8) is 0 Å². The molecular formula is C27H28N2O6. The maximum atomic E-state index is 12.6. The summed E-state index contributed by atoms with van der Waals surface area (Å²) < 4.78 is 11.0. The number of hydrogen-bond donors (Lipinski definition) is 0. The summed E-state index contributed by atoms with van der Waals surface area (Å²) in [6.45, 7) is 1.79. The zero-order chi connectivity index (χ0) is 24.6. The number of benzene rings is 2. The van der Waals surface area contributed by atoms with Crippen LogP contribution in [0.3, 0.4) is 0 Å². The van der Waals surface area contributed by atoms with E-state index < -0.39 is 18.5 Å². The second-order valence-corrected chi connectivity index (χ2v) is 10.2. The van der Waals surface area contributed by atoms with Crippen LogP contribution in [0, 0.1) is 27.1 Å². The van der Waals surface area contributed by atoms with Gasteiger partial charge in [-0.3, -0.25) is 0 Å². The van der Waals surface area contributed by atoms with Crippen LogP contribution in [0.25, 0.3) is 0 Å². The summed E-state index contributed by atoms with van der Waals surface area (Å²) in [4.78, 5) is 46.2. The van der Waals surface area contributed by atoms with E-state index >= 15 is 0 Å². The van der Waals surface area contributed by atoms with E-state index in [9.17, 15) is 19.4 Å². The molecule has 0 bridgehead atoms. The Bertz CT molecular complexity index is 1160. The molecule has 3 unspecified atom stereocenters. The highest BCUT2D eigenvalue weighted by atomic mass is 16.6. The van der Waals surface area contributed by atoms with Gasteiger partial charge in [0.2, 0.25) is 0 Å². The number of rotatable bonds is 6. The smallest absolute Gasteiger partial charge is 0.344 e. The van der Waals surface area contributed by atoms with E-state index in [0.717, 1.165) is 38.5 Å². The second-order valence-electron chi connectivity index (χ2n) is 10.2. The topological polar surface area (TPSA) is 111 Å². The van der Waals surface area contributed by atoms with Crippen LogP contribution in [0.4, 0.5) is 11.4 Å². The lowest BCUT2D eigenvalue weighted by Crippen LogP contribution is -2.45. The van der Waals surface area contributed by atoms with E-state index in [1.807, 2.05) is 12.1 Å². The number of nitrogens with zero attached hydrogens (tertiary/aromatic N) is 2. The highest BCUT2D eigenvalue weighted by Gasteiger charge is 2.56. The van der Waals surface area contributed by atoms with Crippen LogP contribution in [-0.4, -0.2) is 24.6 Å². The fourth-order valence-electron chi connectivity index (χ4n) is 6.83. The summed E-state index contributed by atoms with van der Waals surface area (Å²) in [5.74, 6) is 0.268. The van der Waals surface area contributed by atoms with Crippen LogP contribution >= 0.6 is 0 Å². The molecule has 8 heteroatoms. The predicted octanol–water partition coefficient (Wildman–Crippen LogP) is 6.11. The lowest BCUT2D eigenvalue weighted by molar-refractivity contribution is -0.161. The highest BCUT2D eigenvalue weighted by molar-refractivity contribution is 5.91. The Kier molecular flexibility index (Phi) is 6.21. The summed E-state index contributed by atoms with van der Waals surface area (Å²) in [5.41, 5.74) is 3.44. The summed E-state index contributed by atoms with van der Waals surface area (Å²) in [7, 11) is 0. The molecule has 5 atom stereocenters. The molecule has 3 aliphatic carbocycles. The van der Waals surface area contributed by atoms with Crippen molar-refractivity contribution in [2.75, 3.05) is 6.61 Å². The number of esters is 2. The van der Waals surface area contributed by atoms with Crippen molar-refractivity contribution in [3.8, 4) is 0 Å². The lowest BCUT2D eigenvalue weighted by atomic mass is 9.55. The Balaban J connectivity index is 1.21. The third-order valence-corrected chi connectivity index (χ3v) is 8.53. The summed E-state index contributed by atoms with van der Waals surface area (Å²) >= 11 is 0. The number of nitroso groups, excluding NO2 is 2. The fraction of sp³-hybridized carbons (Fsp3) is 0.481. The Hall–Kier alpha value is -3.42. The Labute approximate surface area is 203 Å². The molecule has 3 aliphatic rings. The van der Waals surface area contributed by atoms with Gasteiger partial charge in [0.15, 0.2) is 6.61 Å². The number of ether oxygens (including phenoxy) is 2. The molecule has 0 heterocycles. The van der Waals surface area contributed by atoms with Crippen molar-refractivity contribution in [2.45, 2.75) is 57.5 Å². The van der Waals surface area contributed by atoms with Crippen LogP contribution in [0.2, 0.25) is 0 Å². The van der Waals surface area contributed by atoms with Gasteiger partial charge in [0.25, 0.3) is 0 Å². The second kappa shape index (κ2) is 9.32. The molecule has 182 valence electrons. The average molecular weight is 477 g/mol. The molecule has 2 aromatic carbocycles. The maximum absolute atomic E-state index is 12.6. The van der Waals surface area contributed by atoms with E-state index in [2.05, 4.69) is 23.3 Å². The molecule has 0 radical (unpaired) electrons. The monoisotopic (exact) mass is 476 g/mol. The first-order valence-corrected chi connectivity index (χ1v) is 12.2. The zero-order valence-corrected chi connectivity index (χ0v) is 19.6. The van der Waals surface area contributed by atoms with Crippen LogP contribution < -0.4 is 0 Å². The van der Waals surface area contributed by atoms with E-state index in [1.165, 1.54) is 35.4 Å². The van der Waals surface area contributed by atoms with Crippen LogP contribution in [-0.2, 0) is 20.7 Å². The first kappa shape index (κ1) is 23.3. The number of aryl methyl sites for hydroxylation is 1. The molecule has 0 spiro atoms. The van der Waals surface area contributed by atoms with Crippen molar-refractivity contribution >= 4 is 23.3 Å². The van der Waals surface area contributed by atoms with Gasteiger partial charge in [-0.25, -0.2) is 9.59 Å². The van der Waals surface area contributed by atoms with Gasteiger partial charge >= 0.3 is 11.9 Å². The average Bonchev–Trinajstić information content (AvgIpc) is 3.22. The quantitative estimate of drug-likeness (QED) is 0.367. The van der Waals surface area contributed by atoms with E-state index in [1.54, 1.807) is 0 Å². The highest BCUT2D eigenvalue weighted by Crippen LogP contribution is 2.61. The van der Waals surface area contributed by atoms with Gasteiger partial charge in [0.05, 0.1) is 5.56 Å². The fourth-order valence-corrected chi connectivity index (χ4v) is 6.83. The zero-order valence-electron chi connectivity index (χ0n) is 19.6. The van der Waals surface area contributed by atoms with Crippen LogP contribution in [0.15, 0.2) is 52.8 Å². The molecule has 0 aliphatic heterocycles. The van der Waals surface area contributed by atoms with Gasteiger partial charge in [-0.05, 0) is 114 Å². The predicted molar refractivity (Wildman–Crippen MR) is 129 cm³/mol. The van der Waals surface area contributed by atoms with Crippen LogP contribution in [0.1, 0.15) is 66.4 Å². The van der Waals surface area contributed by atoms with Gasteiger partial charge in [0, 0.05) is 5.41 Å². The largest absolute Gasteiger partial charge is 0.459 e. The van der Waals surface area contributed by atoms with E-state index in [4.69, 9.17) is 9.47 Å². The summed E-state index contributed by atoms with van der Waals surface area (Å²) in [6, 6.07) is 11.5.